The van der Waals surface area contributed by atoms with Gasteiger partial charge in [0.2, 0.25) is 5.95 Å². The monoisotopic (exact) mass is 254 g/mol. The van der Waals surface area contributed by atoms with Gasteiger partial charge in [0.1, 0.15) is 0 Å². The molecule has 2 rings (SSSR count). The Labute approximate surface area is 113 Å². The quantitative estimate of drug-likeness (QED) is 0.803. The second-order valence-corrected chi connectivity index (χ2v) is 4.20. The topological polar surface area (TPSA) is 53.1 Å². The average Bonchev–Trinajstić information content (AvgIpc) is 2.75. The molecule has 1 aromatic heterocycles. The smallest absolute Gasteiger partial charge is 0.207 e. The molecule has 0 spiro atoms. The third-order valence-electron chi connectivity index (χ3n) is 2.61. The van der Waals surface area contributed by atoms with Gasteiger partial charge in [-0.1, -0.05) is 23.8 Å². The molecule has 98 valence electrons. The van der Waals surface area contributed by atoms with E-state index < -0.39 is 0 Å². The first-order chi connectivity index (χ1) is 9.22. The molecule has 0 aliphatic carbocycles. The molecule has 2 N–H and O–H groups in total. The van der Waals surface area contributed by atoms with Gasteiger partial charge in [-0.15, -0.1) is 0 Å². The predicted molar refractivity (Wildman–Crippen MR) is 81.6 cm³/mol. The Hall–Kier alpha value is -2.36. The highest BCUT2D eigenvalue weighted by Crippen LogP contribution is 2.22. The van der Waals surface area contributed by atoms with Gasteiger partial charge in [-0.25, -0.2) is 4.99 Å². The molecule has 0 radical (unpaired) electrons. The maximum absolute atomic E-state index is 4.42. The Kier molecular flexibility index (Phi) is 4.13. The molecule has 1 heterocycles. The summed E-state index contributed by atoms with van der Waals surface area (Å²) in [6.45, 7) is 5.91. The zero-order chi connectivity index (χ0) is 13.7. The molecule has 0 aliphatic rings. The summed E-state index contributed by atoms with van der Waals surface area (Å²) in [5.41, 5.74) is 3.13. The van der Waals surface area contributed by atoms with Crippen LogP contribution in [-0.2, 0) is 0 Å². The second-order valence-electron chi connectivity index (χ2n) is 4.20. The first kappa shape index (κ1) is 13.1. The largest absolute Gasteiger partial charge is 0.326 e. The number of hydrogen-bond acceptors (Lipinski definition) is 3. The summed E-state index contributed by atoms with van der Waals surface area (Å²) in [5.74, 6) is 1.38. The van der Waals surface area contributed by atoms with E-state index in [2.05, 4.69) is 39.3 Å². The lowest BCUT2D eigenvalue weighted by Crippen LogP contribution is -1.91. The summed E-state index contributed by atoms with van der Waals surface area (Å²) in [6.07, 6.45) is 5.65. The van der Waals surface area contributed by atoms with E-state index in [1.54, 1.807) is 6.21 Å². The number of allylic oxidation sites excluding steroid dienone is 1. The van der Waals surface area contributed by atoms with Crippen LogP contribution < -0.4 is 5.32 Å². The zero-order valence-electron chi connectivity index (χ0n) is 11.4. The molecule has 0 atom stereocenters. The molecule has 0 aliphatic heterocycles. The fourth-order valence-corrected chi connectivity index (χ4v) is 1.71. The number of aryl methyl sites for hydroxylation is 1. The normalized spacial score (nSPS) is 11.5. The number of benzene rings is 1. The van der Waals surface area contributed by atoms with Gasteiger partial charge in [0.25, 0.3) is 0 Å². The minimum Gasteiger partial charge on any atom is -0.326 e. The lowest BCUT2D eigenvalue weighted by Gasteiger charge is -2.02. The van der Waals surface area contributed by atoms with E-state index in [1.165, 1.54) is 5.56 Å². The van der Waals surface area contributed by atoms with Crippen molar-refractivity contribution >= 4 is 29.7 Å². The van der Waals surface area contributed by atoms with Gasteiger partial charge in [0.15, 0.2) is 5.82 Å². The Morgan fingerprint density at radius 3 is 2.58 bits per heavy atom. The summed E-state index contributed by atoms with van der Waals surface area (Å²) in [5, 5.41) is 3.23. The Balaban J connectivity index is 2.25. The number of aromatic amines is 1. The van der Waals surface area contributed by atoms with Crippen LogP contribution in [0.5, 0.6) is 0 Å². The van der Waals surface area contributed by atoms with Crippen molar-refractivity contribution in [2.24, 2.45) is 4.99 Å². The first-order valence-corrected chi connectivity index (χ1v) is 6.28. The SMILES string of the molecule is C/C=C\c1[nH]c(Nc2ccc(C)cc2)nc1/N=C\C. The van der Waals surface area contributed by atoms with Crippen LogP contribution in [0.2, 0.25) is 0 Å². The van der Waals surface area contributed by atoms with Crippen molar-refractivity contribution in [1.29, 1.82) is 0 Å². The molecular weight excluding hydrogens is 236 g/mol. The van der Waals surface area contributed by atoms with Gasteiger partial charge in [-0.3, -0.25) is 0 Å². The van der Waals surface area contributed by atoms with Crippen molar-refractivity contribution in [2.45, 2.75) is 20.8 Å². The fraction of sp³-hybridized carbons (Fsp3) is 0.200. The van der Waals surface area contributed by atoms with E-state index in [0.717, 1.165) is 11.4 Å². The number of H-pyrrole nitrogens is 1. The lowest BCUT2D eigenvalue weighted by atomic mass is 10.2. The third-order valence-corrected chi connectivity index (χ3v) is 2.61. The average molecular weight is 254 g/mol. The van der Waals surface area contributed by atoms with E-state index in [4.69, 9.17) is 0 Å². The molecule has 19 heavy (non-hydrogen) atoms. The van der Waals surface area contributed by atoms with Crippen molar-refractivity contribution in [3.8, 4) is 0 Å². The predicted octanol–water partition coefficient (Wildman–Crippen LogP) is 4.22. The molecule has 0 saturated carbocycles. The van der Waals surface area contributed by atoms with Crippen LogP contribution in [0.4, 0.5) is 17.5 Å². The summed E-state index contributed by atoms with van der Waals surface area (Å²) in [6, 6.07) is 8.17. The van der Waals surface area contributed by atoms with Crippen molar-refractivity contribution in [3.63, 3.8) is 0 Å². The molecule has 4 nitrogen and oxygen atoms in total. The molecule has 0 unspecified atom stereocenters. The lowest BCUT2D eigenvalue weighted by molar-refractivity contribution is 1.27. The highest BCUT2D eigenvalue weighted by Gasteiger charge is 2.06. The Morgan fingerprint density at radius 1 is 1.21 bits per heavy atom. The highest BCUT2D eigenvalue weighted by molar-refractivity contribution is 5.68. The zero-order valence-corrected chi connectivity index (χ0v) is 11.4. The Bertz CT molecular complexity index is 562. The van der Waals surface area contributed by atoms with Crippen molar-refractivity contribution in [1.82, 2.24) is 9.97 Å². The number of aliphatic imine (C=N–C) groups is 1. The second kappa shape index (κ2) is 6.00. The minimum absolute atomic E-state index is 0.690. The number of aromatic nitrogens is 2. The minimum atomic E-state index is 0.690. The number of rotatable bonds is 4. The standard InChI is InChI=1S/C15H18N4/c1-4-6-13-14(16-5-2)19-15(18-13)17-12-9-7-11(3)8-10-12/h4-10H,1-3H3,(H2,17,18,19)/b6-4-,16-5-. The van der Waals surface area contributed by atoms with Crippen LogP contribution in [0.15, 0.2) is 35.3 Å². The summed E-state index contributed by atoms with van der Waals surface area (Å²) in [7, 11) is 0. The molecule has 0 bridgehead atoms. The molecule has 1 aromatic carbocycles. The number of anilines is 2. The van der Waals surface area contributed by atoms with E-state index in [9.17, 15) is 0 Å². The third kappa shape index (κ3) is 3.31. The van der Waals surface area contributed by atoms with Gasteiger partial charge >= 0.3 is 0 Å². The van der Waals surface area contributed by atoms with E-state index in [1.807, 2.05) is 38.1 Å². The van der Waals surface area contributed by atoms with E-state index >= 15 is 0 Å². The van der Waals surface area contributed by atoms with Crippen LogP contribution in [-0.4, -0.2) is 16.2 Å². The molecule has 0 amide bonds. The van der Waals surface area contributed by atoms with Crippen LogP contribution in [0.3, 0.4) is 0 Å². The van der Waals surface area contributed by atoms with Crippen molar-refractivity contribution < 1.29 is 0 Å². The number of nitrogens with zero attached hydrogens (tertiary/aromatic N) is 2. The number of hydrogen-bond donors (Lipinski definition) is 2. The maximum atomic E-state index is 4.42. The summed E-state index contributed by atoms with van der Waals surface area (Å²) in [4.78, 5) is 11.9. The van der Waals surface area contributed by atoms with Gasteiger partial charge < -0.3 is 10.3 Å². The van der Waals surface area contributed by atoms with Crippen molar-refractivity contribution in [3.05, 3.63) is 41.6 Å². The molecule has 0 fully saturated rings. The van der Waals surface area contributed by atoms with Gasteiger partial charge in [-0.05, 0) is 39.0 Å². The van der Waals surface area contributed by atoms with Crippen LogP contribution in [0.1, 0.15) is 25.1 Å². The molecule has 2 aromatic rings. The van der Waals surface area contributed by atoms with Crippen molar-refractivity contribution in [2.75, 3.05) is 5.32 Å². The van der Waals surface area contributed by atoms with Crippen LogP contribution in [0.25, 0.3) is 6.08 Å². The molecule has 0 saturated heterocycles. The first-order valence-electron chi connectivity index (χ1n) is 6.28. The van der Waals surface area contributed by atoms with Gasteiger partial charge in [0, 0.05) is 11.9 Å². The van der Waals surface area contributed by atoms with Crippen LogP contribution in [0, 0.1) is 6.92 Å². The van der Waals surface area contributed by atoms with E-state index in [0.29, 0.717) is 11.8 Å². The summed E-state index contributed by atoms with van der Waals surface area (Å²) < 4.78 is 0. The highest BCUT2D eigenvalue weighted by atomic mass is 15.2. The van der Waals surface area contributed by atoms with E-state index in [-0.39, 0.29) is 0 Å². The van der Waals surface area contributed by atoms with Gasteiger partial charge in [0.05, 0.1) is 5.69 Å². The summed E-state index contributed by atoms with van der Waals surface area (Å²) >= 11 is 0. The molecule has 4 heteroatoms. The Morgan fingerprint density at radius 2 is 1.95 bits per heavy atom. The van der Waals surface area contributed by atoms with Crippen LogP contribution >= 0.6 is 0 Å². The maximum Gasteiger partial charge on any atom is 0.207 e. The number of imidazole rings is 1. The number of nitrogens with one attached hydrogen (secondary N) is 2. The van der Waals surface area contributed by atoms with Gasteiger partial charge in [-0.2, -0.15) is 4.98 Å². The molecular formula is C15H18N4. The fourth-order valence-electron chi connectivity index (χ4n) is 1.71.